The molecule has 1 atom stereocenters. The van der Waals surface area contributed by atoms with Crippen LogP contribution in [0.15, 0.2) is 66.9 Å². The fourth-order valence-corrected chi connectivity index (χ4v) is 2.79. The number of ether oxygens (including phenoxy) is 1. The second kappa shape index (κ2) is 6.80. The molecule has 1 aliphatic heterocycles. The molecule has 0 saturated carbocycles. The van der Waals surface area contributed by atoms with Crippen molar-refractivity contribution in [3.8, 4) is 0 Å². The minimum absolute atomic E-state index is 0.119. The van der Waals surface area contributed by atoms with E-state index in [9.17, 15) is 0 Å². The minimum atomic E-state index is 0.119. The molecule has 1 heterocycles. The first-order valence-electron chi connectivity index (χ1n) is 7.85. The van der Waals surface area contributed by atoms with E-state index in [1.165, 1.54) is 16.7 Å². The van der Waals surface area contributed by atoms with Gasteiger partial charge >= 0.3 is 0 Å². The van der Waals surface area contributed by atoms with E-state index < -0.39 is 0 Å². The van der Waals surface area contributed by atoms with Crippen LogP contribution >= 0.6 is 0 Å². The van der Waals surface area contributed by atoms with Gasteiger partial charge in [0.1, 0.15) is 0 Å². The molecule has 2 nitrogen and oxygen atoms in total. The number of nitrogens with one attached hydrogen (secondary N) is 1. The molecule has 0 amide bonds. The molecule has 0 saturated heterocycles. The van der Waals surface area contributed by atoms with Crippen LogP contribution in [-0.2, 0) is 17.8 Å². The van der Waals surface area contributed by atoms with Crippen LogP contribution in [0.4, 0.5) is 0 Å². The van der Waals surface area contributed by atoms with Crippen molar-refractivity contribution in [3.63, 3.8) is 0 Å². The Morgan fingerprint density at radius 3 is 2.45 bits per heavy atom. The Kier molecular flexibility index (Phi) is 4.59. The fourth-order valence-electron chi connectivity index (χ4n) is 2.79. The fraction of sp³-hybridized carbons (Fsp3) is 0.300. The predicted molar refractivity (Wildman–Crippen MR) is 90.6 cm³/mol. The third-order valence-corrected chi connectivity index (χ3v) is 4.15. The van der Waals surface area contributed by atoms with Crippen molar-refractivity contribution >= 4 is 0 Å². The van der Waals surface area contributed by atoms with Gasteiger partial charge in [-0.2, -0.15) is 0 Å². The maximum absolute atomic E-state index is 5.99. The molecule has 0 radical (unpaired) electrons. The van der Waals surface area contributed by atoms with Crippen LogP contribution < -0.4 is 5.32 Å². The number of benzene rings is 2. The largest absolute Gasteiger partial charge is 0.390 e. The summed E-state index contributed by atoms with van der Waals surface area (Å²) in [6, 6.07) is 19.2. The van der Waals surface area contributed by atoms with Gasteiger partial charge in [-0.15, -0.1) is 0 Å². The number of hydrogen-bond donors (Lipinski definition) is 1. The van der Waals surface area contributed by atoms with E-state index in [1.54, 1.807) is 0 Å². The third kappa shape index (κ3) is 3.77. The molecular weight excluding hydrogens is 270 g/mol. The Bertz CT molecular complexity index is 635. The van der Waals surface area contributed by atoms with Crippen molar-refractivity contribution in [3.05, 3.63) is 83.6 Å². The number of hydrogen-bond acceptors (Lipinski definition) is 2. The third-order valence-electron chi connectivity index (χ3n) is 4.15. The molecule has 1 aliphatic rings. The van der Waals surface area contributed by atoms with Crippen molar-refractivity contribution in [1.29, 1.82) is 0 Å². The molecule has 1 N–H and O–H groups in total. The summed E-state index contributed by atoms with van der Waals surface area (Å²) >= 11 is 0. The summed E-state index contributed by atoms with van der Waals surface area (Å²) in [5.41, 5.74) is 4.09. The molecular formula is C20H23NO. The van der Waals surface area contributed by atoms with Crippen LogP contribution in [0.2, 0.25) is 0 Å². The zero-order valence-electron chi connectivity index (χ0n) is 13.1. The Morgan fingerprint density at radius 2 is 1.73 bits per heavy atom. The standard InChI is InChI=1S/C20H23NO/c1-20(11-12-21-15-20)16-22-14-19-10-6-5-9-18(19)13-17-7-3-2-4-8-17/h2-12,21H,13-16H2,1H3. The SMILES string of the molecule is CC1(COCc2ccccc2Cc2ccccc2)C=CNC1. The van der Waals surface area contributed by atoms with Gasteiger partial charge in [0.2, 0.25) is 0 Å². The van der Waals surface area contributed by atoms with Gasteiger partial charge in [0, 0.05) is 12.0 Å². The molecule has 2 aromatic rings. The van der Waals surface area contributed by atoms with E-state index >= 15 is 0 Å². The highest BCUT2D eigenvalue weighted by Gasteiger charge is 2.24. The Labute approximate surface area is 132 Å². The van der Waals surface area contributed by atoms with Crippen LogP contribution in [0.25, 0.3) is 0 Å². The van der Waals surface area contributed by atoms with Crippen molar-refractivity contribution in [2.45, 2.75) is 20.0 Å². The molecule has 2 heteroatoms. The minimum Gasteiger partial charge on any atom is -0.390 e. The average Bonchev–Trinajstić information content (AvgIpc) is 2.97. The van der Waals surface area contributed by atoms with Crippen LogP contribution in [0, 0.1) is 5.41 Å². The smallest absolute Gasteiger partial charge is 0.0720 e. The van der Waals surface area contributed by atoms with Gasteiger partial charge in [-0.05, 0) is 29.3 Å². The number of rotatable bonds is 6. The molecule has 22 heavy (non-hydrogen) atoms. The van der Waals surface area contributed by atoms with E-state index in [2.05, 4.69) is 72.9 Å². The highest BCUT2D eigenvalue weighted by atomic mass is 16.5. The first-order chi connectivity index (χ1) is 10.8. The van der Waals surface area contributed by atoms with Crippen molar-refractivity contribution in [2.75, 3.05) is 13.2 Å². The molecule has 1 unspecified atom stereocenters. The van der Waals surface area contributed by atoms with E-state index in [4.69, 9.17) is 4.74 Å². The summed E-state index contributed by atoms with van der Waals surface area (Å²) in [5.74, 6) is 0. The molecule has 2 aromatic carbocycles. The van der Waals surface area contributed by atoms with Crippen LogP contribution in [0.1, 0.15) is 23.6 Å². The lowest BCUT2D eigenvalue weighted by atomic mass is 9.94. The van der Waals surface area contributed by atoms with Crippen molar-refractivity contribution in [1.82, 2.24) is 5.32 Å². The summed E-state index contributed by atoms with van der Waals surface area (Å²) in [6.45, 7) is 4.60. The van der Waals surface area contributed by atoms with Crippen molar-refractivity contribution in [2.24, 2.45) is 5.41 Å². The second-order valence-corrected chi connectivity index (χ2v) is 6.29. The first kappa shape index (κ1) is 14.9. The maximum Gasteiger partial charge on any atom is 0.0720 e. The summed E-state index contributed by atoms with van der Waals surface area (Å²) in [6.07, 6.45) is 5.18. The van der Waals surface area contributed by atoms with Gasteiger partial charge in [-0.3, -0.25) is 0 Å². The van der Waals surface area contributed by atoms with Crippen LogP contribution in [-0.4, -0.2) is 13.2 Å². The Balaban J connectivity index is 1.62. The zero-order chi connectivity index (χ0) is 15.3. The van der Waals surface area contributed by atoms with Crippen LogP contribution in [0.3, 0.4) is 0 Å². The molecule has 114 valence electrons. The van der Waals surface area contributed by atoms with Crippen LogP contribution in [0.5, 0.6) is 0 Å². The van der Waals surface area contributed by atoms with E-state index in [1.807, 2.05) is 6.20 Å². The molecule has 0 aromatic heterocycles. The lowest BCUT2D eigenvalue weighted by molar-refractivity contribution is 0.0684. The maximum atomic E-state index is 5.99. The van der Waals surface area contributed by atoms with E-state index in [0.29, 0.717) is 6.61 Å². The quantitative estimate of drug-likeness (QED) is 0.871. The van der Waals surface area contributed by atoms with E-state index in [-0.39, 0.29) is 5.41 Å². The summed E-state index contributed by atoms with van der Waals surface area (Å²) in [5, 5.41) is 3.25. The van der Waals surface area contributed by atoms with Gasteiger partial charge < -0.3 is 10.1 Å². The molecule has 0 fully saturated rings. The predicted octanol–water partition coefficient (Wildman–Crippen LogP) is 3.92. The summed E-state index contributed by atoms with van der Waals surface area (Å²) < 4.78 is 5.99. The second-order valence-electron chi connectivity index (χ2n) is 6.29. The summed E-state index contributed by atoms with van der Waals surface area (Å²) in [4.78, 5) is 0. The normalized spacial score (nSPS) is 20.0. The highest BCUT2D eigenvalue weighted by Crippen LogP contribution is 2.22. The molecule has 0 spiro atoms. The van der Waals surface area contributed by atoms with Gasteiger partial charge in [-0.1, -0.05) is 67.6 Å². The zero-order valence-corrected chi connectivity index (χ0v) is 13.1. The van der Waals surface area contributed by atoms with Gasteiger partial charge in [-0.25, -0.2) is 0 Å². The van der Waals surface area contributed by atoms with Gasteiger partial charge in [0.25, 0.3) is 0 Å². The lowest BCUT2D eigenvalue weighted by Crippen LogP contribution is -2.26. The lowest BCUT2D eigenvalue weighted by Gasteiger charge is -2.21. The average molecular weight is 293 g/mol. The highest BCUT2D eigenvalue weighted by molar-refractivity contribution is 5.32. The first-order valence-corrected chi connectivity index (χ1v) is 7.85. The molecule has 0 bridgehead atoms. The Morgan fingerprint density at radius 1 is 1.00 bits per heavy atom. The summed E-state index contributed by atoms with van der Waals surface area (Å²) in [7, 11) is 0. The molecule has 0 aliphatic carbocycles. The van der Waals surface area contributed by atoms with Crippen molar-refractivity contribution < 1.29 is 4.74 Å². The van der Waals surface area contributed by atoms with Gasteiger partial charge in [0.05, 0.1) is 13.2 Å². The van der Waals surface area contributed by atoms with E-state index in [0.717, 1.165) is 19.6 Å². The Hall–Kier alpha value is -2.06. The topological polar surface area (TPSA) is 21.3 Å². The van der Waals surface area contributed by atoms with Gasteiger partial charge in [0.15, 0.2) is 0 Å². The monoisotopic (exact) mass is 293 g/mol. The molecule has 3 rings (SSSR count).